The molecule has 116 valence electrons. The van der Waals surface area contributed by atoms with Crippen molar-refractivity contribution in [1.29, 1.82) is 0 Å². The first-order valence-corrected chi connectivity index (χ1v) is 7.71. The molecule has 2 aromatic rings. The molecule has 1 aliphatic rings. The van der Waals surface area contributed by atoms with Gasteiger partial charge in [-0.2, -0.15) is 0 Å². The molecule has 1 amide bonds. The Balaban J connectivity index is 1.78. The van der Waals surface area contributed by atoms with Gasteiger partial charge in [-0.1, -0.05) is 18.5 Å². The smallest absolute Gasteiger partial charge is 0.272 e. The van der Waals surface area contributed by atoms with E-state index >= 15 is 0 Å². The van der Waals surface area contributed by atoms with Gasteiger partial charge in [-0.3, -0.25) is 9.69 Å². The molecule has 1 N–H and O–H groups in total. The number of amides is 1. The zero-order chi connectivity index (χ0) is 15.5. The summed E-state index contributed by atoms with van der Waals surface area (Å²) in [7, 11) is 0. The number of halogens is 1. The van der Waals surface area contributed by atoms with Crippen LogP contribution in [0.4, 0.5) is 0 Å². The van der Waals surface area contributed by atoms with Gasteiger partial charge in [0.15, 0.2) is 0 Å². The van der Waals surface area contributed by atoms with Gasteiger partial charge in [0.2, 0.25) is 0 Å². The van der Waals surface area contributed by atoms with Crippen LogP contribution in [0, 0.1) is 0 Å². The summed E-state index contributed by atoms with van der Waals surface area (Å²) in [6.45, 7) is 5.15. The molecule has 0 saturated carbocycles. The van der Waals surface area contributed by atoms with Crippen molar-refractivity contribution in [2.45, 2.75) is 13.0 Å². The molecule has 1 saturated heterocycles. The molecule has 0 radical (unpaired) electrons. The summed E-state index contributed by atoms with van der Waals surface area (Å²) in [4.78, 5) is 28.4. The molecule has 0 spiro atoms. The lowest BCUT2D eigenvalue weighted by molar-refractivity contribution is 0.0475. The fourth-order valence-electron chi connectivity index (χ4n) is 2.77. The molecule has 3 heterocycles. The molecule has 1 atom stereocenters. The van der Waals surface area contributed by atoms with Crippen molar-refractivity contribution in [2.75, 3.05) is 26.2 Å². The Bertz CT molecular complexity index is 628. The van der Waals surface area contributed by atoms with Crippen LogP contribution in [0.25, 0.3) is 0 Å². The number of rotatable bonds is 3. The largest absolute Gasteiger partial charge is 0.347 e. The fraction of sp³-hybridized carbons (Fsp3) is 0.400. The van der Waals surface area contributed by atoms with Crippen LogP contribution in [0.3, 0.4) is 0 Å². The van der Waals surface area contributed by atoms with Gasteiger partial charge in [0.05, 0.1) is 11.1 Å². The third-order valence-electron chi connectivity index (χ3n) is 3.97. The normalized spacial score (nSPS) is 19.4. The standard InChI is InChI=1S/C15H18ClN5O/c1-2-20-7-8-21(10-13(20)14-17-5-6-18-14)15(22)12-4-3-11(16)9-19-12/h3-6,9,13H,2,7-8,10H2,1H3,(H,17,18)/t13-/m0/s1. The average Bonchev–Trinajstić information content (AvgIpc) is 3.08. The second kappa shape index (κ2) is 6.46. The molecular weight excluding hydrogens is 302 g/mol. The van der Waals surface area contributed by atoms with E-state index in [1.165, 1.54) is 6.20 Å². The van der Waals surface area contributed by atoms with E-state index < -0.39 is 0 Å². The van der Waals surface area contributed by atoms with Crippen molar-refractivity contribution in [3.8, 4) is 0 Å². The molecule has 6 nitrogen and oxygen atoms in total. The average molecular weight is 320 g/mol. The number of piperazine rings is 1. The molecule has 2 aromatic heterocycles. The minimum absolute atomic E-state index is 0.0658. The fourth-order valence-corrected chi connectivity index (χ4v) is 2.88. The number of nitrogens with zero attached hydrogens (tertiary/aromatic N) is 4. The van der Waals surface area contributed by atoms with Crippen molar-refractivity contribution < 1.29 is 4.79 Å². The van der Waals surface area contributed by atoms with Gasteiger partial charge in [0.25, 0.3) is 5.91 Å². The number of hydrogen-bond acceptors (Lipinski definition) is 4. The molecule has 1 fully saturated rings. The molecule has 22 heavy (non-hydrogen) atoms. The minimum atomic E-state index is -0.0658. The number of likely N-dealkylation sites (N-methyl/N-ethyl adjacent to an activating group) is 1. The molecule has 0 aliphatic carbocycles. The SMILES string of the molecule is CCN1CCN(C(=O)c2ccc(Cl)cn2)C[C@H]1c1ncc[nH]1. The highest BCUT2D eigenvalue weighted by Gasteiger charge is 2.31. The summed E-state index contributed by atoms with van der Waals surface area (Å²) in [6, 6.07) is 3.44. The van der Waals surface area contributed by atoms with Gasteiger partial charge in [0, 0.05) is 38.2 Å². The number of H-pyrrole nitrogens is 1. The topological polar surface area (TPSA) is 65.1 Å². The number of aromatic amines is 1. The van der Waals surface area contributed by atoms with Crippen molar-refractivity contribution in [3.63, 3.8) is 0 Å². The monoisotopic (exact) mass is 319 g/mol. The Hall–Kier alpha value is -1.92. The number of nitrogens with one attached hydrogen (secondary N) is 1. The number of carbonyl (C=O) groups excluding carboxylic acids is 1. The Morgan fingerprint density at radius 2 is 2.27 bits per heavy atom. The van der Waals surface area contributed by atoms with Crippen LogP contribution in [0.1, 0.15) is 29.3 Å². The predicted molar refractivity (Wildman–Crippen MR) is 83.7 cm³/mol. The van der Waals surface area contributed by atoms with Crippen molar-refractivity contribution in [1.82, 2.24) is 24.8 Å². The summed E-state index contributed by atoms with van der Waals surface area (Å²) in [5, 5.41) is 0.529. The van der Waals surface area contributed by atoms with Gasteiger partial charge in [0.1, 0.15) is 11.5 Å². The van der Waals surface area contributed by atoms with Gasteiger partial charge in [-0.15, -0.1) is 0 Å². The maximum atomic E-state index is 12.6. The van der Waals surface area contributed by atoms with Gasteiger partial charge in [-0.25, -0.2) is 9.97 Å². The zero-order valence-corrected chi connectivity index (χ0v) is 13.1. The first-order chi connectivity index (χ1) is 10.7. The number of imidazole rings is 1. The first kappa shape index (κ1) is 15.0. The Labute approximate surface area is 134 Å². The lowest BCUT2D eigenvalue weighted by atomic mass is 10.1. The lowest BCUT2D eigenvalue weighted by Gasteiger charge is -2.39. The van der Waals surface area contributed by atoms with Crippen LogP contribution in [0.15, 0.2) is 30.7 Å². The molecule has 0 unspecified atom stereocenters. The highest BCUT2D eigenvalue weighted by molar-refractivity contribution is 6.30. The Morgan fingerprint density at radius 1 is 1.41 bits per heavy atom. The Morgan fingerprint density at radius 3 is 2.91 bits per heavy atom. The van der Waals surface area contributed by atoms with Crippen LogP contribution < -0.4 is 0 Å². The van der Waals surface area contributed by atoms with Gasteiger partial charge >= 0.3 is 0 Å². The summed E-state index contributed by atoms with van der Waals surface area (Å²) >= 11 is 5.82. The van der Waals surface area contributed by atoms with Crippen LogP contribution in [-0.2, 0) is 0 Å². The van der Waals surface area contributed by atoms with Gasteiger partial charge < -0.3 is 9.88 Å². The predicted octanol–water partition coefficient (Wildman–Crippen LogP) is 1.98. The van der Waals surface area contributed by atoms with E-state index in [0.717, 1.165) is 18.9 Å². The molecule has 3 rings (SSSR count). The van der Waals surface area contributed by atoms with Gasteiger partial charge in [-0.05, 0) is 18.7 Å². The van der Waals surface area contributed by atoms with E-state index in [2.05, 4.69) is 26.8 Å². The van der Waals surface area contributed by atoms with E-state index in [9.17, 15) is 4.79 Å². The Kier molecular flexibility index (Phi) is 4.40. The first-order valence-electron chi connectivity index (χ1n) is 7.33. The van der Waals surface area contributed by atoms with Crippen molar-refractivity contribution in [3.05, 3.63) is 47.3 Å². The molecule has 1 aliphatic heterocycles. The third-order valence-corrected chi connectivity index (χ3v) is 4.19. The molecule has 7 heteroatoms. The van der Waals surface area contributed by atoms with E-state index in [4.69, 9.17) is 11.6 Å². The summed E-state index contributed by atoms with van der Waals surface area (Å²) < 4.78 is 0. The van der Waals surface area contributed by atoms with E-state index in [1.54, 1.807) is 18.3 Å². The minimum Gasteiger partial charge on any atom is -0.347 e. The second-order valence-corrected chi connectivity index (χ2v) is 5.67. The summed E-state index contributed by atoms with van der Waals surface area (Å²) in [5.74, 6) is 0.826. The summed E-state index contributed by atoms with van der Waals surface area (Å²) in [5.41, 5.74) is 0.424. The van der Waals surface area contributed by atoms with Crippen LogP contribution in [0.2, 0.25) is 5.02 Å². The van der Waals surface area contributed by atoms with Crippen molar-refractivity contribution >= 4 is 17.5 Å². The lowest BCUT2D eigenvalue weighted by Crippen LogP contribution is -2.50. The number of pyridine rings is 1. The maximum absolute atomic E-state index is 12.6. The van der Waals surface area contributed by atoms with Crippen LogP contribution in [-0.4, -0.2) is 56.8 Å². The summed E-state index contributed by atoms with van der Waals surface area (Å²) in [6.07, 6.45) is 5.05. The van der Waals surface area contributed by atoms with Crippen molar-refractivity contribution in [2.24, 2.45) is 0 Å². The molecular formula is C15H18ClN5O. The van der Waals surface area contributed by atoms with Crippen LogP contribution in [0.5, 0.6) is 0 Å². The third kappa shape index (κ3) is 2.98. The zero-order valence-electron chi connectivity index (χ0n) is 12.4. The van der Waals surface area contributed by atoms with E-state index in [-0.39, 0.29) is 11.9 Å². The van der Waals surface area contributed by atoms with E-state index in [0.29, 0.717) is 23.8 Å². The molecule has 0 aromatic carbocycles. The number of carbonyl (C=O) groups is 1. The quantitative estimate of drug-likeness (QED) is 0.939. The highest BCUT2D eigenvalue weighted by atomic mass is 35.5. The molecule has 0 bridgehead atoms. The second-order valence-electron chi connectivity index (χ2n) is 5.23. The van der Waals surface area contributed by atoms with E-state index in [1.807, 2.05) is 11.1 Å². The van der Waals surface area contributed by atoms with Crippen LogP contribution >= 0.6 is 11.6 Å². The number of hydrogen-bond donors (Lipinski definition) is 1. The maximum Gasteiger partial charge on any atom is 0.272 e. The highest BCUT2D eigenvalue weighted by Crippen LogP contribution is 2.23. The number of aromatic nitrogens is 3.